The Kier molecular flexibility index (Phi) is 8.72. The van der Waals surface area contributed by atoms with Gasteiger partial charge in [-0.25, -0.2) is 4.79 Å². The molecule has 0 bridgehead atoms. The second-order valence-corrected chi connectivity index (χ2v) is 6.98. The minimum Gasteiger partial charge on any atom is -0.444 e. The summed E-state index contributed by atoms with van der Waals surface area (Å²) in [6, 6.07) is 8.70. The molecule has 0 radical (unpaired) electrons. The van der Waals surface area contributed by atoms with E-state index in [1.54, 1.807) is 27.7 Å². The standard InChI is InChI=1S/C18H27ClN2O4/c1-13(24-12-14-8-6-5-7-9-14)15(16(22)20-11-10-19)21-17(23)25-18(2,3)4/h5-9,13,15H,10-12H2,1-4H3,(H,20,22)(H,21,23)/t13-,15-/m0/s1. The number of ether oxygens (including phenoxy) is 2. The lowest BCUT2D eigenvalue weighted by Gasteiger charge is -2.26. The minimum absolute atomic E-state index is 0.282. The highest BCUT2D eigenvalue weighted by Crippen LogP contribution is 2.10. The van der Waals surface area contributed by atoms with Crippen molar-refractivity contribution < 1.29 is 19.1 Å². The molecule has 0 aliphatic heterocycles. The Hall–Kier alpha value is -1.79. The summed E-state index contributed by atoms with van der Waals surface area (Å²) in [7, 11) is 0. The highest BCUT2D eigenvalue weighted by Gasteiger charge is 2.29. The van der Waals surface area contributed by atoms with Gasteiger partial charge in [-0.3, -0.25) is 4.79 Å². The van der Waals surface area contributed by atoms with E-state index in [0.29, 0.717) is 13.2 Å². The number of halogens is 1. The third-order valence-corrected chi connectivity index (χ3v) is 3.36. The number of hydrogen-bond donors (Lipinski definition) is 2. The molecule has 2 N–H and O–H groups in total. The van der Waals surface area contributed by atoms with Gasteiger partial charge in [0, 0.05) is 12.4 Å². The van der Waals surface area contributed by atoms with E-state index >= 15 is 0 Å². The van der Waals surface area contributed by atoms with E-state index in [0.717, 1.165) is 5.56 Å². The van der Waals surface area contributed by atoms with Crippen molar-refractivity contribution in [3.8, 4) is 0 Å². The summed E-state index contributed by atoms with van der Waals surface area (Å²) in [6.07, 6.45) is -1.23. The zero-order valence-corrected chi connectivity index (χ0v) is 15.9. The molecule has 140 valence electrons. The number of rotatable bonds is 8. The Bertz CT molecular complexity index is 546. The third-order valence-electron chi connectivity index (χ3n) is 3.17. The molecule has 1 rings (SSSR count). The fraction of sp³-hybridized carbons (Fsp3) is 0.556. The van der Waals surface area contributed by atoms with Crippen LogP contribution in [0.3, 0.4) is 0 Å². The molecule has 1 aromatic rings. The van der Waals surface area contributed by atoms with Crippen LogP contribution in [-0.2, 0) is 20.9 Å². The van der Waals surface area contributed by atoms with Gasteiger partial charge in [-0.1, -0.05) is 30.3 Å². The van der Waals surface area contributed by atoms with Crippen LogP contribution in [0.15, 0.2) is 30.3 Å². The first-order valence-electron chi connectivity index (χ1n) is 8.21. The van der Waals surface area contributed by atoms with Crippen LogP contribution in [-0.4, -0.2) is 42.2 Å². The molecule has 0 unspecified atom stereocenters. The van der Waals surface area contributed by atoms with Crippen molar-refractivity contribution in [1.29, 1.82) is 0 Å². The number of benzene rings is 1. The fourth-order valence-electron chi connectivity index (χ4n) is 2.01. The smallest absolute Gasteiger partial charge is 0.408 e. The van der Waals surface area contributed by atoms with Crippen molar-refractivity contribution >= 4 is 23.6 Å². The lowest BCUT2D eigenvalue weighted by molar-refractivity contribution is -0.127. The summed E-state index contributed by atoms with van der Waals surface area (Å²) in [5.74, 6) is -0.0866. The first kappa shape index (κ1) is 21.3. The maximum absolute atomic E-state index is 12.3. The molecule has 2 amide bonds. The predicted octanol–water partition coefficient (Wildman–Crippen LogP) is 2.84. The van der Waals surface area contributed by atoms with Crippen LogP contribution < -0.4 is 10.6 Å². The van der Waals surface area contributed by atoms with E-state index in [2.05, 4.69) is 10.6 Å². The molecule has 1 aromatic carbocycles. The van der Waals surface area contributed by atoms with Gasteiger partial charge in [-0.15, -0.1) is 11.6 Å². The van der Waals surface area contributed by atoms with Gasteiger partial charge in [-0.05, 0) is 33.3 Å². The zero-order valence-electron chi connectivity index (χ0n) is 15.2. The van der Waals surface area contributed by atoms with Gasteiger partial charge in [0.2, 0.25) is 5.91 Å². The Morgan fingerprint density at radius 3 is 2.40 bits per heavy atom. The van der Waals surface area contributed by atoms with Crippen molar-refractivity contribution in [2.45, 2.75) is 52.0 Å². The van der Waals surface area contributed by atoms with Crippen molar-refractivity contribution in [3.63, 3.8) is 0 Å². The van der Waals surface area contributed by atoms with Gasteiger partial charge >= 0.3 is 6.09 Å². The van der Waals surface area contributed by atoms with Crippen molar-refractivity contribution in [3.05, 3.63) is 35.9 Å². The van der Waals surface area contributed by atoms with Crippen LogP contribution in [0.4, 0.5) is 4.79 Å². The van der Waals surface area contributed by atoms with E-state index in [1.807, 2.05) is 30.3 Å². The van der Waals surface area contributed by atoms with E-state index < -0.39 is 23.8 Å². The van der Waals surface area contributed by atoms with Gasteiger partial charge in [0.05, 0.1) is 12.7 Å². The van der Waals surface area contributed by atoms with E-state index in [9.17, 15) is 9.59 Å². The summed E-state index contributed by atoms with van der Waals surface area (Å²) >= 11 is 5.61. The molecule has 0 aliphatic carbocycles. The number of nitrogens with one attached hydrogen (secondary N) is 2. The average Bonchev–Trinajstić information content (AvgIpc) is 2.54. The van der Waals surface area contributed by atoms with Crippen LogP contribution in [0.5, 0.6) is 0 Å². The molecule has 0 aromatic heterocycles. The number of hydrogen-bond acceptors (Lipinski definition) is 4. The molecule has 7 heteroatoms. The molecule has 0 saturated heterocycles. The molecular formula is C18H27ClN2O4. The summed E-state index contributed by atoms with van der Waals surface area (Å²) in [4.78, 5) is 24.4. The van der Waals surface area contributed by atoms with Gasteiger partial charge < -0.3 is 20.1 Å². The SMILES string of the molecule is C[C@H](OCc1ccccc1)[C@H](NC(=O)OC(C)(C)C)C(=O)NCCCl. The number of alkyl halides is 1. The highest BCUT2D eigenvalue weighted by atomic mass is 35.5. The summed E-state index contributed by atoms with van der Waals surface area (Å²) in [6.45, 7) is 7.63. The largest absolute Gasteiger partial charge is 0.444 e. The summed E-state index contributed by atoms with van der Waals surface area (Å²) in [5, 5.41) is 5.24. The molecule has 0 aliphatic rings. The number of amides is 2. The van der Waals surface area contributed by atoms with E-state index in [-0.39, 0.29) is 11.8 Å². The minimum atomic E-state index is -0.887. The van der Waals surface area contributed by atoms with Crippen LogP contribution in [0.25, 0.3) is 0 Å². The second kappa shape index (κ2) is 10.3. The van der Waals surface area contributed by atoms with Gasteiger partial charge in [0.1, 0.15) is 11.6 Å². The maximum Gasteiger partial charge on any atom is 0.408 e. The van der Waals surface area contributed by atoms with Crippen LogP contribution >= 0.6 is 11.6 Å². The Labute approximate surface area is 154 Å². The van der Waals surface area contributed by atoms with E-state index in [4.69, 9.17) is 21.1 Å². The second-order valence-electron chi connectivity index (χ2n) is 6.61. The monoisotopic (exact) mass is 370 g/mol. The maximum atomic E-state index is 12.3. The lowest BCUT2D eigenvalue weighted by Crippen LogP contribution is -2.54. The van der Waals surface area contributed by atoms with Crippen LogP contribution in [0, 0.1) is 0 Å². The molecule has 6 nitrogen and oxygen atoms in total. The number of carbonyl (C=O) groups excluding carboxylic acids is 2. The molecular weight excluding hydrogens is 344 g/mol. The normalized spacial score (nSPS) is 13.6. The fourth-order valence-corrected chi connectivity index (χ4v) is 2.10. The highest BCUT2D eigenvalue weighted by molar-refractivity contribution is 6.18. The van der Waals surface area contributed by atoms with Crippen molar-refractivity contribution in [1.82, 2.24) is 10.6 Å². The lowest BCUT2D eigenvalue weighted by atomic mass is 10.1. The Morgan fingerprint density at radius 1 is 1.20 bits per heavy atom. The summed E-state index contributed by atoms with van der Waals surface area (Å²) < 4.78 is 11.0. The quantitative estimate of drug-likeness (QED) is 0.690. The Morgan fingerprint density at radius 2 is 1.84 bits per heavy atom. The van der Waals surface area contributed by atoms with Gasteiger partial charge in [0.25, 0.3) is 0 Å². The van der Waals surface area contributed by atoms with Crippen molar-refractivity contribution in [2.24, 2.45) is 0 Å². The molecule has 0 saturated carbocycles. The molecule has 0 heterocycles. The average molecular weight is 371 g/mol. The predicted molar refractivity (Wildman–Crippen MR) is 97.6 cm³/mol. The molecule has 25 heavy (non-hydrogen) atoms. The van der Waals surface area contributed by atoms with Crippen LogP contribution in [0.1, 0.15) is 33.3 Å². The molecule has 2 atom stereocenters. The van der Waals surface area contributed by atoms with E-state index in [1.165, 1.54) is 0 Å². The number of carbonyl (C=O) groups is 2. The number of alkyl carbamates (subject to hydrolysis) is 1. The Balaban J connectivity index is 2.71. The first-order chi connectivity index (χ1) is 11.7. The van der Waals surface area contributed by atoms with Gasteiger partial charge in [0.15, 0.2) is 0 Å². The third kappa shape index (κ3) is 8.74. The summed E-state index contributed by atoms with van der Waals surface area (Å²) in [5.41, 5.74) is 0.321. The molecule has 0 spiro atoms. The zero-order chi connectivity index (χ0) is 18.9. The van der Waals surface area contributed by atoms with Crippen LogP contribution in [0.2, 0.25) is 0 Å². The topological polar surface area (TPSA) is 76.7 Å². The van der Waals surface area contributed by atoms with Crippen molar-refractivity contribution in [2.75, 3.05) is 12.4 Å². The van der Waals surface area contributed by atoms with Gasteiger partial charge in [-0.2, -0.15) is 0 Å². The molecule has 0 fully saturated rings. The first-order valence-corrected chi connectivity index (χ1v) is 8.75.